The predicted octanol–water partition coefficient (Wildman–Crippen LogP) is 3.79. The van der Waals surface area contributed by atoms with E-state index in [1.54, 1.807) is 19.2 Å². The molecule has 0 spiro atoms. The third-order valence-corrected chi connectivity index (χ3v) is 4.74. The van der Waals surface area contributed by atoms with Crippen LogP contribution in [-0.2, 0) is 18.3 Å². The van der Waals surface area contributed by atoms with Crippen molar-refractivity contribution in [3.63, 3.8) is 0 Å². The molecule has 3 rings (SSSR count). The quantitative estimate of drug-likeness (QED) is 0.894. The topological polar surface area (TPSA) is 32.7 Å². The molecule has 25 heavy (non-hydrogen) atoms. The second-order valence-electron chi connectivity index (χ2n) is 6.45. The molecular weight excluding hydrogens is 331 g/mol. The summed E-state index contributed by atoms with van der Waals surface area (Å²) in [6.07, 6.45) is -4.00. The number of hydrogen-bond acceptors (Lipinski definition) is 3. The highest BCUT2D eigenvalue weighted by Crippen LogP contribution is 2.40. The van der Waals surface area contributed by atoms with E-state index in [9.17, 15) is 18.3 Å². The number of ether oxygens (including phenoxy) is 1. The number of fused-ring (bicyclic) bond motifs is 1. The van der Waals surface area contributed by atoms with Crippen LogP contribution < -0.4 is 4.74 Å². The van der Waals surface area contributed by atoms with Crippen molar-refractivity contribution in [2.75, 3.05) is 20.7 Å². The zero-order chi connectivity index (χ0) is 18.2. The van der Waals surface area contributed by atoms with E-state index < -0.39 is 17.3 Å². The maximum absolute atomic E-state index is 12.8. The van der Waals surface area contributed by atoms with Gasteiger partial charge in [-0.15, -0.1) is 0 Å². The average Bonchev–Trinajstić information content (AvgIpc) is 2.71. The number of alkyl halides is 3. The Morgan fingerprint density at radius 2 is 1.80 bits per heavy atom. The Morgan fingerprint density at radius 1 is 1.12 bits per heavy atom. The summed E-state index contributed by atoms with van der Waals surface area (Å²) < 4.78 is 43.7. The van der Waals surface area contributed by atoms with Crippen molar-refractivity contribution in [1.82, 2.24) is 4.90 Å². The smallest absolute Gasteiger partial charge is 0.416 e. The van der Waals surface area contributed by atoms with Crippen molar-refractivity contribution >= 4 is 0 Å². The van der Waals surface area contributed by atoms with E-state index in [-0.39, 0.29) is 0 Å². The lowest BCUT2D eigenvalue weighted by molar-refractivity contribution is -0.137. The minimum absolute atomic E-state index is 0.397. The average molecular weight is 351 g/mol. The molecule has 0 bridgehead atoms. The van der Waals surface area contributed by atoms with Gasteiger partial charge in [0.15, 0.2) is 0 Å². The van der Waals surface area contributed by atoms with E-state index in [1.165, 1.54) is 12.1 Å². The summed E-state index contributed by atoms with van der Waals surface area (Å²) in [5.41, 5.74) is 0.0122. The van der Waals surface area contributed by atoms with Gasteiger partial charge in [-0.2, -0.15) is 13.2 Å². The van der Waals surface area contributed by atoms with E-state index in [1.807, 2.05) is 13.1 Å². The molecule has 1 aliphatic rings. The maximum atomic E-state index is 12.8. The number of nitrogens with zero attached hydrogens (tertiary/aromatic N) is 1. The van der Waals surface area contributed by atoms with Gasteiger partial charge in [-0.25, -0.2) is 0 Å². The lowest BCUT2D eigenvalue weighted by Gasteiger charge is -2.30. The van der Waals surface area contributed by atoms with Gasteiger partial charge in [0.2, 0.25) is 0 Å². The standard InChI is InChI=1S/C19H20F3NO2/c1-23-10-9-18(24,14-3-5-15(6-4-14)19(20,21)22)17-8-7-16(25-2)11-13(17)12-23/h3-8,11,24H,9-10,12H2,1-2H3. The van der Waals surface area contributed by atoms with E-state index >= 15 is 0 Å². The van der Waals surface area contributed by atoms with Crippen molar-refractivity contribution in [2.45, 2.75) is 24.7 Å². The second kappa shape index (κ2) is 6.35. The minimum atomic E-state index is -4.39. The molecule has 0 fully saturated rings. The van der Waals surface area contributed by atoms with Gasteiger partial charge in [0, 0.05) is 13.1 Å². The van der Waals surface area contributed by atoms with Crippen molar-refractivity contribution in [3.8, 4) is 5.75 Å². The Balaban J connectivity index is 2.08. The maximum Gasteiger partial charge on any atom is 0.416 e. The molecule has 3 nitrogen and oxygen atoms in total. The minimum Gasteiger partial charge on any atom is -0.497 e. The molecule has 1 N–H and O–H groups in total. The first-order valence-electron chi connectivity index (χ1n) is 8.00. The van der Waals surface area contributed by atoms with Crippen LogP contribution in [0.25, 0.3) is 0 Å². The number of hydrogen-bond donors (Lipinski definition) is 1. The summed E-state index contributed by atoms with van der Waals surface area (Å²) >= 11 is 0. The van der Waals surface area contributed by atoms with Crippen LogP contribution in [-0.4, -0.2) is 30.7 Å². The van der Waals surface area contributed by atoms with Crippen molar-refractivity contribution in [1.29, 1.82) is 0 Å². The predicted molar refractivity (Wildman–Crippen MR) is 88.4 cm³/mol. The van der Waals surface area contributed by atoms with E-state index in [0.717, 1.165) is 17.7 Å². The molecule has 1 aliphatic heterocycles. The monoisotopic (exact) mass is 351 g/mol. The molecule has 2 aromatic rings. The summed E-state index contributed by atoms with van der Waals surface area (Å²) in [5, 5.41) is 11.4. The normalized spacial score (nSPS) is 21.5. The third-order valence-electron chi connectivity index (χ3n) is 4.74. The summed E-state index contributed by atoms with van der Waals surface area (Å²) in [4.78, 5) is 2.07. The zero-order valence-electron chi connectivity index (χ0n) is 14.1. The van der Waals surface area contributed by atoms with Crippen molar-refractivity contribution < 1.29 is 23.0 Å². The largest absolute Gasteiger partial charge is 0.497 e. The highest BCUT2D eigenvalue weighted by Gasteiger charge is 2.37. The van der Waals surface area contributed by atoms with Gasteiger partial charge in [0.25, 0.3) is 0 Å². The lowest BCUT2D eigenvalue weighted by atomic mass is 9.81. The molecule has 0 aromatic heterocycles. The lowest BCUT2D eigenvalue weighted by Crippen LogP contribution is -2.29. The van der Waals surface area contributed by atoms with Gasteiger partial charge in [-0.1, -0.05) is 18.2 Å². The van der Waals surface area contributed by atoms with Crippen molar-refractivity contribution in [2.24, 2.45) is 0 Å². The number of halogens is 3. The summed E-state index contributed by atoms with van der Waals surface area (Å²) in [5.74, 6) is 0.684. The number of rotatable bonds is 2. The molecule has 0 saturated heterocycles. The fraction of sp³-hybridized carbons (Fsp3) is 0.368. The third kappa shape index (κ3) is 3.37. The van der Waals surface area contributed by atoms with Gasteiger partial charge in [0.05, 0.1) is 12.7 Å². The fourth-order valence-electron chi connectivity index (χ4n) is 3.32. The molecule has 1 unspecified atom stereocenters. The first-order valence-corrected chi connectivity index (χ1v) is 8.00. The first-order chi connectivity index (χ1) is 11.7. The molecule has 1 heterocycles. The van der Waals surface area contributed by atoms with Crippen LogP contribution in [0.2, 0.25) is 0 Å². The van der Waals surface area contributed by atoms with Gasteiger partial charge >= 0.3 is 6.18 Å². The number of aliphatic hydroxyl groups is 1. The number of methoxy groups -OCH3 is 1. The van der Waals surface area contributed by atoms with Crippen LogP contribution in [0.1, 0.15) is 28.7 Å². The van der Waals surface area contributed by atoms with Gasteiger partial charge in [0.1, 0.15) is 11.4 Å². The fourth-order valence-corrected chi connectivity index (χ4v) is 3.32. The molecule has 134 valence electrons. The highest BCUT2D eigenvalue weighted by atomic mass is 19.4. The van der Waals surface area contributed by atoms with Gasteiger partial charge < -0.3 is 14.7 Å². The Labute approximate surface area is 144 Å². The SMILES string of the molecule is COc1ccc2c(c1)CN(C)CCC2(O)c1ccc(C(F)(F)F)cc1. The summed E-state index contributed by atoms with van der Waals surface area (Å²) in [6, 6.07) is 10.2. The van der Waals surface area contributed by atoms with Crippen LogP contribution in [0.4, 0.5) is 13.2 Å². The Morgan fingerprint density at radius 3 is 2.40 bits per heavy atom. The van der Waals surface area contributed by atoms with Crippen LogP contribution in [0.15, 0.2) is 42.5 Å². The first kappa shape index (κ1) is 17.8. The number of benzene rings is 2. The van der Waals surface area contributed by atoms with E-state index in [0.29, 0.717) is 36.4 Å². The highest BCUT2D eigenvalue weighted by molar-refractivity contribution is 5.46. The Bertz CT molecular complexity index is 758. The zero-order valence-corrected chi connectivity index (χ0v) is 14.1. The molecule has 1 atom stereocenters. The van der Waals surface area contributed by atoms with Crippen LogP contribution in [0.3, 0.4) is 0 Å². The molecule has 2 aromatic carbocycles. The van der Waals surface area contributed by atoms with Crippen LogP contribution in [0.5, 0.6) is 5.75 Å². The summed E-state index contributed by atoms with van der Waals surface area (Å²) in [6.45, 7) is 1.25. The molecule has 0 aliphatic carbocycles. The van der Waals surface area contributed by atoms with Gasteiger partial charge in [-0.05, 0) is 54.4 Å². The molecule has 0 amide bonds. The Kier molecular flexibility index (Phi) is 4.51. The summed E-state index contributed by atoms with van der Waals surface area (Å²) in [7, 11) is 3.52. The molecule has 0 saturated carbocycles. The van der Waals surface area contributed by atoms with Crippen molar-refractivity contribution in [3.05, 3.63) is 64.7 Å². The molecule has 0 radical (unpaired) electrons. The Hall–Kier alpha value is -2.05. The second-order valence-corrected chi connectivity index (χ2v) is 6.45. The van der Waals surface area contributed by atoms with Crippen LogP contribution >= 0.6 is 0 Å². The van der Waals surface area contributed by atoms with Crippen LogP contribution in [0, 0.1) is 0 Å². The van der Waals surface area contributed by atoms with E-state index in [2.05, 4.69) is 4.90 Å². The van der Waals surface area contributed by atoms with Gasteiger partial charge in [-0.3, -0.25) is 0 Å². The van der Waals surface area contributed by atoms with E-state index in [4.69, 9.17) is 4.74 Å². The molecular formula is C19H20F3NO2. The molecule has 6 heteroatoms.